The first-order chi connectivity index (χ1) is 3.93. The van der Waals surface area contributed by atoms with Crippen molar-refractivity contribution in [1.82, 2.24) is 0 Å². The second kappa shape index (κ2) is 3.02. The van der Waals surface area contributed by atoms with E-state index in [1.165, 1.54) is 0 Å². The molecule has 0 radical (unpaired) electrons. The molecule has 0 aliphatic carbocycles. The molecule has 3 heteroatoms. The summed E-state index contributed by atoms with van der Waals surface area (Å²) in [6.07, 6.45) is 1.18. The first-order valence-corrected chi connectivity index (χ1v) is 2.83. The lowest BCUT2D eigenvalue weighted by molar-refractivity contribution is -0.135. The predicted molar refractivity (Wildman–Crippen MR) is 29.4 cm³/mol. The Hall–Kier alpha value is -0.120. The van der Waals surface area contributed by atoms with Crippen LogP contribution in [0.5, 0.6) is 0 Å². The molecule has 0 spiro atoms. The maximum absolute atomic E-state index is 5.32. The molecular weight excluding hydrogens is 106 g/mol. The highest BCUT2D eigenvalue weighted by atomic mass is 16.7. The van der Waals surface area contributed by atoms with Gasteiger partial charge in [0.05, 0.1) is 12.7 Å². The van der Waals surface area contributed by atoms with E-state index in [1.807, 2.05) is 0 Å². The van der Waals surface area contributed by atoms with Crippen molar-refractivity contribution >= 4 is 0 Å². The first kappa shape index (κ1) is 6.01. The van der Waals surface area contributed by atoms with Crippen LogP contribution in [0.2, 0.25) is 0 Å². The second-order valence-corrected chi connectivity index (χ2v) is 1.84. The first-order valence-electron chi connectivity index (χ1n) is 2.83. The van der Waals surface area contributed by atoms with Gasteiger partial charge in [0, 0.05) is 6.54 Å². The van der Waals surface area contributed by atoms with Gasteiger partial charge in [0.1, 0.15) is 6.79 Å². The Labute approximate surface area is 48.8 Å². The summed E-state index contributed by atoms with van der Waals surface area (Å²) in [4.78, 5) is 0. The Morgan fingerprint density at radius 2 is 2.50 bits per heavy atom. The Bertz CT molecular complexity index is 61.4. The van der Waals surface area contributed by atoms with E-state index < -0.39 is 0 Å². The molecule has 0 saturated carbocycles. The molecule has 1 fully saturated rings. The van der Waals surface area contributed by atoms with E-state index in [1.54, 1.807) is 0 Å². The number of hydrogen-bond donors (Lipinski definition) is 1. The average molecular weight is 117 g/mol. The number of ether oxygens (including phenoxy) is 2. The largest absolute Gasteiger partial charge is 0.355 e. The summed E-state index contributed by atoms with van der Waals surface area (Å²) in [5.41, 5.74) is 5.32. The van der Waals surface area contributed by atoms with Gasteiger partial charge >= 0.3 is 0 Å². The van der Waals surface area contributed by atoms with Crippen molar-refractivity contribution in [1.29, 1.82) is 0 Å². The van der Waals surface area contributed by atoms with Crippen LogP contribution in [0, 0.1) is 0 Å². The molecule has 0 aromatic heterocycles. The number of nitrogens with two attached hydrogens (primary N) is 1. The zero-order chi connectivity index (χ0) is 5.82. The Morgan fingerprint density at radius 1 is 1.62 bits per heavy atom. The molecule has 0 bridgehead atoms. The fourth-order valence-electron chi connectivity index (χ4n) is 0.687. The van der Waals surface area contributed by atoms with Crippen molar-refractivity contribution in [3.8, 4) is 0 Å². The summed E-state index contributed by atoms with van der Waals surface area (Å²) in [5, 5.41) is 0. The number of rotatable bonds is 1. The van der Waals surface area contributed by atoms with Crippen LogP contribution in [-0.4, -0.2) is 26.0 Å². The molecule has 8 heavy (non-hydrogen) atoms. The normalized spacial score (nSPS) is 30.4. The molecule has 1 heterocycles. The van der Waals surface area contributed by atoms with Gasteiger partial charge in [0.2, 0.25) is 0 Å². The van der Waals surface area contributed by atoms with Crippen LogP contribution in [0.4, 0.5) is 0 Å². The van der Waals surface area contributed by atoms with Gasteiger partial charge in [-0.25, -0.2) is 0 Å². The highest BCUT2D eigenvalue weighted by Gasteiger charge is 2.10. The summed E-state index contributed by atoms with van der Waals surface area (Å²) in [6, 6.07) is 0. The fourth-order valence-corrected chi connectivity index (χ4v) is 0.687. The van der Waals surface area contributed by atoms with Gasteiger partial charge in [-0.15, -0.1) is 0 Å². The van der Waals surface area contributed by atoms with Crippen molar-refractivity contribution in [2.45, 2.75) is 12.5 Å². The lowest BCUT2D eigenvalue weighted by atomic mass is 10.2. The fraction of sp³-hybridized carbons (Fsp3) is 1.00. The van der Waals surface area contributed by atoms with Crippen LogP contribution < -0.4 is 5.73 Å². The summed E-state index contributed by atoms with van der Waals surface area (Å²) in [5.74, 6) is 0. The second-order valence-electron chi connectivity index (χ2n) is 1.84. The van der Waals surface area contributed by atoms with E-state index in [9.17, 15) is 0 Å². The van der Waals surface area contributed by atoms with Crippen molar-refractivity contribution < 1.29 is 9.47 Å². The van der Waals surface area contributed by atoms with Crippen LogP contribution in [0.25, 0.3) is 0 Å². The summed E-state index contributed by atoms with van der Waals surface area (Å²) in [7, 11) is 0. The average Bonchev–Trinajstić information content (AvgIpc) is 1.90. The predicted octanol–water partition coefficient (Wildman–Crippen LogP) is -0.292. The molecule has 48 valence electrons. The van der Waals surface area contributed by atoms with E-state index in [-0.39, 0.29) is 6.10 Å². The molecule has 1 aliphatic rings. The molecular formula is C5H11NO2. The maximum atomic E-state index is 5.32. The third-order valence-corrected chi connectivity index (χ3v) is 1.23. The van der Waals surface area contributed by atoms with Gasteiger partial charge in [0.25, 0.3) is 0 Å². The number of hydrogen-bond acceptors (Lipinski definition) is 3. The molecule has 1 saturated heterocycles. The minimum Gasteiger partial charge on any atom is -0.355 e. The van der Waals surface area contributed by atoms with Crippen molar-refractivity contribution in [2.24, 2.45) is 5.73 Å². The smallest absolute Gasteiger partial charge is 0.147 e. The third-order valence-electron chi connectivity index (χ3n) is 1.23. The minimum atomic E-state index is 0.240. The SMILES string of the molecule is NCC1CCOCO1. The summed E-state index contributed by atoms with van der Waals surface area (Å²) < 4.78 is 10.0. The van der Waals surface area contributed by atoms with Gasteiger partial charge in [-0.3, -0.25) is 0 Å². The standard InChI is InChI=1S/C5H11NO2/c6-3-5-1-2-7-4-8-5/h5H,1-4,6H2. The molecule has 1 atom stereocenters. The molecule has 0 amide bonds. The van der Waals surface area contributed by atoms with Crippen LogP contribution in [0.15, 0.2) is 0 Å². The van der Waals surface area contributed by atoms with Gasteiger partial charge in [0.15, 0.2) is 0 Å². The topological polar surface area (TPSA) is 44.5 Å². The minimum absolute atomic E-state index is 0.240. The van der Waals surface area contributed by atoms with Gasteiger partial charge in [-0.2, -0.15) is 0 Å². The van der Waals surface area contributed by atoms with E-state index in [0.29, 0.717) is 13.3 Å². The molecule has 0 aromatic rings. The molecule has 2 N–H and O–H groups in total. The van der Waals surface area contributed by atoms with Crippen molar-refractivity contribution in [2.75, 3.05) is 19.9 Å². The van der Waals surface area contributed by atoms with Gasteiger partial charge < -0.3 is 15.2 Å². The summed E-state index contributed by atoms with van der Waals surface area (Å²) >= 11 is 0. The van der Waals surface area contributed by atoms with Crippen molar-refractivity contribution in [3.63, 3.8) is 0 Å². The lowest BCUT2D eigenvalue weighted by Gasteiger charge is -2.20. The zero-order valence-electron chi connectivity index (χ0n) is 4.80. The highest BCUT2D eigenvalue weighted by Crippen LogP contribution is 2.02. The molecule has 3 nitrogen and oxygen atoms in total. The Kier molecular flexibility index (Phi) is 2.27. The molecule has 1 unspecified atom stereocenters. The molecule has 1 rings (SSSR count). The van der Waals surface area contributed by atoms with E-state index in [2.05, 4.69) is 0 Å². The van der Waals surface area contributed by atoms with Gasteiger partial charge in [-0.05, 0) is 6.42 Å². The van der Waals surface area contributed by atoms with Crippen LogP contribution in [-0.2, 0) is 9.47 Å². The lowest BCUT2D eigenvalue weighted by Crippen LogP contribution is -2.30. The summed E-state index contributed by atoms with van der Waals surface area (Å²) in [6.45, 7) is 1.83. The quantitative estimate of drug-likeness (QED) is 0.513. The van der Waals surface area contributed by atoms with Crippen LogP contribution in [0.3, 0.4) is 0 Å². The molecule has 1 aliphatic heterocycles. The highest BCUT2D eigenvalue weighted by molar-refractivity contribution is 4.58. The molecule has 0 aromatic carbocycles. The Morgan fingerprint density at radius 3 is 2.88 bits per heavy atom. The van der Waals surface area contributed by atoms with Gasteiger partial charge in [-0.1, -0.05) is 0 Å². The maximum Gasteiger partial charge on any atom is 0.147 e. The van der Waals surface area contributed by atoms with E-state index in [0.717, 1.165) is 13.0 Å². The monoisotopic (exact) mass is 117 g/mol. The van der Waals surface area contributed by atoms with Crippen LogP contribution >= 0.6 is 0 Å². The third kappa shape index (κ3) is 1.43. The van der Waals surface area contributed by atoms with Crippen molar-refractivity contribution in [3.05, 3.63) is 0 Å². The van der Waals surface area contributed by atoms with E-state index >= 15 is 0 Å². The Balaban J connectivity index is 2.13. The zero-order valence-corrected chi connectivity index (χ0v) is 4.80. The van der Waals surface area contributed by atoms with E-state index in [4.69, 9.17) is 15.2 Å². The van der Waals surface area contributed by atoms with Crippen LogP contribution in [0.1, 0.15) is 6.42 Å².